The third-order valence-corrected chi connectivity index (χ3v) is 3.48. The molecule has 0 saturated heterocycles. The summed E-state index contributed by atoms with van der Waals surface area (Å²) in [7, 11) is 0. The molecule has 0 aromatic carbocycles. The van der Waals surface area contributed by atoms with E-state index in [-0.39, 0.29) is 11.9 Å². The van der Waals surface area contributed by atoms with Crippen LogP contribution in [0.2, 0.25) is 0 Å². The van der Waals surface area contributed by atoms with Crippen molar-refractivity contribution in [1.82, 2.24) is 25.3 Å². The molecule has 20 heavy (non-hydrogen) atoms. The molecule has 6 heteroatoms. The first-order valence-corrected chi connectivity index (χ1v) is 6.87. The van der Waals surface area contributed by atoms with Crippen molar-refractivity contribution in [2.24, 2.45) is 0 Å². The van der Waals surface area contributed by atoms with Crippen LogP contribution in [0.1, 0.15) is 36.3 Å². The van der Waals surface area contributed by atoms with E-state index in [1.165, 1.54) is 5.56 Å². The van der Waals surface area contributed by atoms with Crippen molar-refractivity contribution in [3.05, 3.63) is 35.4 Å². The second kappa shape index (κ2) is 6.36. The quantitative estimate of drug-likeness (QED) is 0.785. The van der Waals surface area contributed by atoms with Gasteiger partial charge in [-0.05, 0) is 45.2 Å². The van der Waals surface area contributed by atoms with Gasteiger partial charge >= 0.3 is 0 Å². The summed E-state index contributed by atoms with van der Waals surface area (Å²) >= 11 is 0. The van der Waals surface area contributed by atoms with E-state index in [9.17, 15) is 4.79 Å². The predicted molar refractivity (Wildman–Crippen MR) is 76.3 cm³/mol. The zero-order valence-electron chi connectivity index (χ0n) is 12.2. The van der Waals surface area contributed by atoms with Gasteiger partial charge in [0, 0.05) is 24.6 Å². The number of nitrogens with zero attached hydrogens (tertiary/aromatic N) is 3. The summed E-state index contributed by atoms with van der Waals surface area (Å²) in [5.41, 5.74) is 3.40. The van der Waals surface area contributed by atoms with E-state index in [4.69, 9.17) is 0 Å². The summed E-state index contributed by atoms with van der Waals surface area (Å²) in [5, 5.41) is 14.2. The Morgan fingerprint density at radius 1 is 1.50 bits per heavy atom. The van der Waals surface area contributed by atoms with Crippen molar-refractivity contribution in [3.8, 4) is 0 Å². The monoisotopic (exact) mass is 275 g/mol. The van der Waals surface area contributed by atoms with E-state index >= 15 is 0 Å². The average Bonchev–Trinajstić information content (AvgIpc) is 3.06. The van der Waals surface area contributed by atoms with E-state index in [0.29, 0.717) is 6.54 Å². The van der Waals surface area contributed by atoms with Crippen molar-refractivity contribution >= 4 is 5.91 Å². The molecule has 0 unspecified atom stereocenters. The van der Waals surface area contributed by atoms with Gasteiger partial charge in [0.25, 0.3) is 0 Å². The highest BCUT2D eigenvalue weighted by Crippen LogP contribution is 2.11. The molecule has 2 aromatic heterocycles. The molecule has 0 radical (unpaired) electrons. The topological polar surface area (TPSA) is 75.6 Å². The first kappa shape index (κ1) is 14.3. The minimum absolute atomic E-state index is 0.00524. The van der Waals surface area contributed by atoms with Gasteiger partial charge in [0.05, 0.1) is 5.69 Å². The maximum absolute atomic E-state index is 11.9. The summed E-state index contributed by atoms with van der Waals surface area (Å²) in [4.78, 5) is 11.9. The van der Waals surface area contributed by atoms with Crippen LogP contribution in [0.15, 0.2) is 18.5 Å². The van der Waals surface area contributed by atoms with Crippen molar-refractivity contribution in [1.29, 1.82) is 0 Å². The van der Waals surface area contributed by atoms with Crippen molar-refractivity contribution in [2.75, 3.05) is 6.54 Å². The van der Waals surface area contributed by atoms with Crippen LogP contribution in [-0.4, -0.2) is 32.4 Å². The lowest BCUT2D eigenvalue weighted by molar-refractivity contribution is -0.124. The van der Waals surface area contributed by atoms with E-state index in [0.717, 1.165) is 24.2 Å². The lowest BCUT2D eigenvalue weighted by atomic mass is 10.1. The Labute approximate surface area is 118 Å². The molecule has 0 aliphatic rings. The Morgan fingerprint density at radius 2 is 2.30 bits per heavy atom. The van der Waals surface area contributed by atoms with Crippen LogP contribution in [0.4, 0.5) is 0 Å². The highest BCUT2D eigenvalue weighted by molar-refractivity contribution is 5.79. The first-order valence-electron chi connectivity index (χ1n) is 6.87. The molecule has 0 aliphatic heterocycles. The molecule has 1 atom stereocenters. The Kier molecular flexibility index (Phi) is 4.55. The van der Waals surface area contributed by atoms with Crippen molar-refractivity contribution in [2.45, 2.75) is 39.7 Å². The summed E-state index contributed by atoms with van der Waals surface area (Å²) in [6.45, 7) is 6.52. The van der Waals surface area contributed by atoms with Gasteiger partial charge < -0.3 is 5.32 Å². The van der Waals surface area contributed by atoms with Crippen LogP contribution >= 0.6 is 0 Å². The van der Waals surface area contributed by atoms with Crippen molar-refractivity contribution < 1.29 is 4.79 Å². The van der Waals surface area contributed by atoms with Crippen LogP contribution in [0.5, 0.6) is 0 Å². The molecule has 6 nitrogen and oxygen atoms in total. The molecule has 0 bridgehead atoms. The second-order valence-electron chi connectivity index (χ2n) is 4.97. The minimum Gasteiger partial charge on any atom is -0.354 e. The number of hydrogen-bond donors (Lipinski definition) is 2. The van der Waals surface area contributed by atoms with Gasteiger partial charge in [-0.15, -0.1) is 0 Å². The molecule has 2 N–H and O–H groups in total. The Bertz CT molecular complexity index is 539. The SMILES string of the molecule is Cc1n[nH]c(C)c1CCCNC(=O)[C@@H](C)n1cccn1. The highest BCUT2D eigenvalue weighted by Gasteiger charge is 2.14. The van der Waals surface area contributed by atoms with Gasteiger partial charge in [-0.25, -0.2) is 0 Å². The lowest BCUT2D eigenvalue weighted by Gasteiger charge is -2.12. The van der Waals surface area contributed by atoms with Crippen LogP contribution in [0, 0.1) is 13.8 Å². The third kappa shape index (κ3) is 3.26. The number of amides is 1. The van der Waals surface area contributed by atoms with Gasteiger partial charge in [-0.1, -0.05) is 0 Å². The van der Waals surface area contributed by atoms with E-state index < -0.39 is 0 Å². The van der Waals surface area contributed by atoms with Gasteiger partial charge in [-0.2, -0.15) is 10.2 Å². The maximum Gasteiger partial charge on any atom is 0.244 e. The summed E-state index contributed by atoms with van der Waals surface area (Å²) in [6.07, 6.45) is 5.29. The molecular weight excluding hydrogens is 254 g/mol. The number of rotatable bonds is 6. The zero-order chi connectivity index (χ0) is 14.5. The summed E-state index contributed by atoms with van der Waals surface area (Å²) in [6, 6.07) is 1.54. The summed E-state index contributed by atoms with van der Waals surface area (Å²) in [5.74, 6) is -0.00524. The molecule has 2 heterocycles. The number of hydrogen-bond acceptors (Lipinski definition) is 3. The maximum atomic E-state index is 11.9. The Morgan fingerprint density at radius 3 is 2.90 bits per heavy atom. The molecule has 2 aromatic rings. The molecule has 2 rings (SSSR count). The molecule has 0 aliphatic carbocycles. The molecule has 0 saturated carbocycles. The fourth-order valence-electron chi connectivity index (χ4n) is 2.20. The molecule has 108 valence electrons. The number of aryl methyl sites for hydroxylation is 2. The average molecular weight is 275 g/mol. The molecule has 0 spiro atoms. The number of aromatic nitrogens is 4. The van der Waals surface area contributed by atoms with Crippen LogP contribution < -0.4 is 5.32 Å². The number of nitrogens with one attached hydrogen (secondary N) is 2. The minimum atomic E-state index is -0.276. The number of aromatic amines is 1. The lowest BCUT2D eigenvalue weighted by Crippen LogP contribution is -2.32. The van der Waals surface area contributed by atoms with E-state index in [1.807, 2.05) is 26.8 Å². The number of H-pyrrole nitrogens is 1. The molecular formula is C14H21N5O. The normalized spacial score (nSPS) is 12.3. The third-order valence-electron chi connectivity index (χ3n) is 3.48. The predicted octanol–water partition coefficient (Wildman–Crippen LogP) is 1.53. The van der Waals surface area contributed by atoms with Gasteiger partial charge in [-0.3, -0.25) is 14.6 Å². The number of carbonyl (C=O) groups is 1. The van der Waals surface area contributed by atoms with E-state index in [2.05, 4.69) is 20.6 Å². The second-order valence-corrected chi connectivity index (χ2v) is 4.97. The fraction of sp³-hybridized carbons (Fsp3) is 0.500. The Balaban J connectivity index is 1.75. The first-order chi connectivity index (χ1) is 9.59. The largest absolute Gasteiger partial charge is 0.354 e. The number of carbonyl (C=O) groups excluding carboxylic acids is 1. The van der Waals surface area contributed by atoms with Crippen LogP contribution in [-0.2, 0) is 11.2 Å². The molecule has 1 amide bonds. The van der Waals surface area contributed by atoms with E-state index in [1.54, 1.807) is 17.1 Å². The summed E-state index contributed by atoms with van der Waals surface area (Å²) < 4.78 is 1.65. The molecule has 0 fully saturated rings. The van der Waals surface area contributed by atoms with Gasteiger partial charge in [0.1, 0.15) is 6.04 Å². The standard InChI is InChI=1S/C14H21N5O/c1-10-13(11(2)18-17-10)6-4-7-15-14(20)12(3)19-9-5-8-16-19/h5,8-9,12H,4,6-7H2,1-3H3,(H,15,20)(H,17,18)/t12-/m1/s1. The van der Waals surface area contributed by atoms with Crippen molar-refractivity contribution in [3.63, 3.8) is 0 Å². The smallest absolute Gasteiger partial charge is 0.244 e. The van der Waals surface area contributed by atoms with Gasteiger partial charge in [0.15, 0.2) is 0 Å². The van der Waals surface area contributed by atoms with Crippen LogP contribution in [0.3, 0.4) is 0 Å². The fourth-order valence-corrected chi connectivity index (χ4v) is 2.20. The zero-order valence-corrected chi connectivity index (χ0v) is 12.2. The van der Waals surface area contributed by atoms with Crippen LogP contribution in [0.25, 0.3) is 0 Å². The van der Waals surface area contributed by atoms with Gasteiger partial charge in [0.2, 0.25) is 5.91 Å². The highest BCUT2D eigenvalue weighted by atomic mass is 16.2. The Hall–Kier alpha value is -2.11.